The largest absolute Gasteiger partial charge is 0.382 e. The highest BCUT2D eigenvalue weighted by Gasteiger charge is 2.28. The normalized spacial score (nSPS) is 21.5. The number of aromatic nitrogens is 2. The Bertz CT molecular complexity index is 521. The Labute approximate surface area is 111 Å². The molecule has 0 unspecified atom stereocenters. The summed E-state index contributed by atoms with van der Waals surface area (Å²) < 4.78 is 2.08. The highest BCUT2D eigenvalue weighted by molar-refractivity contribution is 5.98. The topological polar surface area (TPSA) is 68.5 Å². The molecule has 0 radical (unpaired) electrons. The lowest BCUT2D eigenvalue weighted by atomic mass is 10.1. The predicted octanol–water partition coefficient (Wildman–Crippen LogP) is 1.71. The molecule has 2 aliphatic rings. The summed E-state index contributed by atoms with van der Waals surface area (Å²) in [5.41, 5.74) is 0.940. The zero-order valence-electron chi connectivity index (χ0n) is 11.1. The summed E-state index contributed by atoms with van der Waals surface area (Å²) in [5, 5.41) is 6.81. The first-order valence-corrected chi connectivity index (χ1v) is 6.84. The minimum absolute atomic E-state index is 0.138. The van der Waals surface area contributed by atoms with Gasteiger partial charge < -0.3 is 14.7 Å². The van der Waals surface area contributed by atoms with Crippen LogP contribution in [-0.4, -0.2) is 27.3 Å². The van der Waals surface area contributed by atoms with E-state index in [1.807, 2.05) is 6.92 Å². The Hall–Kier alpha value is -1.85. The molecule has 1 N–H and O–H groups in total. The smallest absolute Gasteiger partial charge is 0.269 e. The second-order valence-electron chi connectivity index (χ2n) is 4.97. The number of rotatable bonds is 3. The second kappa shape index (κ2) is 5.03. The molecule has 0 bridgehead atoms. The number of nitrogens with one attached hydrogen (secondary N) is 1. The number of carbonyl (C=O) groups is 1. The number of hydrogen-bond acceptors (Lipinski definition) is 4. The minimum atomic E-state index is -0.496. The number of anilines is 1. The third kappa shape index (κ3) is 2.34. The van der Waals surface area contributed by atoms with Gasteiger partial charge in [-0.2, -0.15) is 0 Å². The van der Waals surface area contributed by atoms with Crippen LogP contribution < -0.4 is 5.32 Å². The van der Waals surface area contributed by atoms with Gasteiger partial charge in [0.15, 0.2) is 0 Å². The Morgan fingerprint density at radius 1 is 1.58 bits per heavy atom. The molecule has 1 aromatic heterocycles. The first-order chi connectivity index (χ1) is 9.28. The van der Waals surface area contributed by atoms with Gasteiger partial charge in [-0.25, -0.2) is 4.98 Å². The van der Waals surface area contributed by atoms with Gasteiger partial charge in [0.05, 0.1) is 11.9 Å². The lowest BCUT2D eigenvalue weighted by Gasteiger charge is -2.17. The van der Waals surface area contributed by atoms with Crippen molar-refractivity contribution in [2.45, 2.75) is 51.7 Å². The van der Waals surface area contributed by atoms with E-state index < -0.39 is 6.10 Å². The molecular formula is C13H18N4O2. The summed E-state index contributed by atoms with van der Waals surface area (Å²) in [6.07, 6.45) is 5.94. The van der Waals surface area contributed by atoms with Crippen LogP contribution in [0, 0.1) is 0 Å². The summed E-state index contributed by atoms with van der Waals surface area (Å²) in [7, 11) is 0. The molecule has 3 rings (SSSR count). The quantitative estimate of drug-likeness (QED) is 0.901. The minimum Gasteiger partial charge on any atom is -0.382 e. The number of imidazole rings is 1. The summed E-state index contributed by atoms with van der Waals surface area (Å²) in [6.45, 7) is 2.93. The Morgan fingerprint density at radius 3 is 3.26 bits per heavy atom. The SMILES string of the molecule is CCC1=NO[C@@H](C(=O)Nc2cnc3n2CCCC3)C1. The maximum Gasteiger partial charge on any atom is 0.269 e. The fourth-order valence-corrected chi connectivity index (χ4v) is 2.50. The van der Waals surface area contributed by atoms with E-state index in [1.54, 1.807) is 6.20 Å². The van der Waals surface area contributed by atoms with Crippen molar-refractivity contribution in [1.82, 2.24) is 9.55 Å². The van der Waals surface area contributed by atoms with E-state index >= 15 is 0 Å². The molecule has 0 saturated carbocycles. The molecule has 19 heavy (non-hydrogen) atoms. The van der Waals surface area contributed by atoms with Gasteiger partial charge in [-0.1, -0.05) is 12.1 Å². The van der Waals surface area contributed by atoms with Crippen molar-refractivity contribution < 1.29 is 9.63 Å². The molecule has 1 atom stereocenters. The average Bonchev–Trinajstić information content (AvgIpc) is 3.06. The van der Waals surface area contributed by atoms with Gasteiger partial charge in [0.25, 0.3) is 5.91 Å². The van der Waals surface area contributed by atoms with Crippen LogP contribution in [0.15, 0.2) is 11.4 Å². The molecule has 1 aromatic rings. The predicted molar refractivity (Wildman–Crippen MR) is 71.0 cm³/mol. The number of aryl methyl sites for hydroxylation is 1. The zero-order valence-corrected chi connectivity index (χ0v) is 11.1. The number of oxime groups is 1. The summed E-state index contributed by atoms with van der Waals surface area (Å²) >= 11 is 0. The number of nitrogens with zero attached hydrogens (tertiary/aromatic N) is 3. The maximum atomic E-state index is 12.1. The average molecular weight is 262 g/mol. The number of hydrogen-bond donors (Lipinski definition) is 1. The van der Waals surface area contributed by atoms with Crippen LogP contribution in [0.4, 0.5) is 5.82 Å². The highest BCUT2D eigenvalue weighted by atomic mass is 16.6. The van der Waals surface area contributed by atoms with Gasteiger partial charge in [0.1, 0.15) is 11.6 Å². The number of carbonyl (C=O) groups excluding carboxylic acids is 1. The number of amides is 1. The van der Waals surface area contributed by atoms with Crippen molar-refractivity contribution in [3.8, 4) is 0 Å². The maximum absolute atomic E-state index is 12.1. The fraction of sp³-hybridized carbons (Fsp3) is 0.615. The second-order valence-corrected chi connectivity index (χ2v) is 4.97. The molecule has 102 valence electrons. The van der Waals surface area contributed by atoms with Gasteiger partial charge in [0.2, 0.25) is 6.10 Å². The van der Waals surface area contributed by atoms with E-state index in [4.69, 9.17) is 4.84 Å². The van der Waals surface area contributed by atoms with Crippen LogP contribution in [0.2, 0.25) is 0 Å². The van der Waals surface area contributed by atoms with E-state index in [2.05, 4.69) is 20.0 Å². The van der Waals surface area contributed by atoms with Crippen LogP contribution in [-0.2, 0) is 22.6 Å². The van der Waals surface area contributed by atoms with Crippen molar-refractivity contribution in [3.63, 3.8) is 0 Å². The molecule has 0 spiro atoms. The van der Waals surface area contributed by atoms with Crippen molar-refractivity contribution in [2.24, 2.45) is 5.16 Å². The number of fused-ring (bicyclic) bond motifs is 1. The zero-order chi connectivity index (χ0) is 13.2. The van der Waals surface area contributed by atoms with E-state index in [-0.39, 0.29) is 5.91 Å². The Balaban J connectivity index is 1.66. The lowest BCUT2D eigenvalue weighted by Crippen LogP contribution is -2.29. The molecule has 6 heteroatoms. The first kappa shape index (κ1) is 12.2. The van der Waals surface area contributed by atoms with Crippen molar-refractivity contribution in [1.29, 1.82) is 0 Å². The first-order valence-electron chi connectivity index (χ1n) is 6.84. The fourth-order valence-electron chi connectivity index (χ4n) is 2.50. The molecule has 0 aliphatic carbocycles. The monoisotopic (exact) mass is 262 g/mol. The van der Waals surface area contributed by atoms with Gasteiger partial charge in [-0.05, 0) is 19.3 Å². The van der Waals surface area contributed by atoms with Crippen LogP contribution in [0.3, 0.4) is 0 Å². The van der Waals surface area contributed by atoms with Crippen LogP contribution >= 0.6 is 0 Å². The van der Waals surface area contributed by atoms with E-state index in [9.17, 15) is 4.79 Å². The molecule has 2 aliphatic heterocycles. The molecule has 0 saturated heterocycles. The molecule has 3 heterocycles. The van der Waals surface area contributed by atoms with Gasteiger partial charge in [0, 0.05) is 19.4 Å². The van der Waals surface area contributed by atoms with Crippen LogP contribution in [0.1, 0.15) is 38.4 Å². The lowest BCUT2D eigenvalue weighted by molar-refractivity contribution is -0.125. The third-order valence-electron chi connectivity index (χ3n) is 3.65. The van der Waals surface area contributed by atoms with E-state index in [1.165, 1.54) is 6.42 Å². The molecule has 1 amide bonds. The standard InChI is InChI=1S/C13H18N4O2/c1-2-9-7-10(19-16-9)13(18)15-12-8-14-11-5-3-4-6-17(11)12/h8,10H,2-7H2,1H3,(H,15,18)/t10-/m1/s1. The van der Waals surface area contributed by atoms with Gasteiger partial charge in [-0.15, -0.1) is 0 Å². The third-order valence-corrected chi connectivity index (χ3v) is 3.65. The summed E-state index contributed by atoms with van der Waals surface area (Å²) in [6, 6.07) is 0. The molecule has 0 fully saturated rings. The van der Waals surface area contributed by atoms with Crippen molar-refractivity contribution in [2.75, 3.05) is 5.32 Å². The van der Waals surface area contributed by atoms with E-state index in [0.29, 0.717) is 6.42 Å². The van der Waals surface area contributed by atoms with E-state index in [0.717, 1.165) is 43.2 Å². The Morgan fingerprint density at radius 2 is 2.47 bits per heavy atom. The summed E-state index contributed by atoms with van der Waals surface area (Å²) in [4.78, 5) is 21.6. The molecular weight excluding hydrogens is 244 g/mol. The van der Waals surface area contributed by atoms with Crippen molar-refractivity contribution in [3.05, 3.63) is 12.0 Å². The Kier molecular flexibility index (Phi) is 3.23. The van der Waals surface area contributed by atoms with Crippen LogP contribution in [0.25, 0.3) is 0 Å². The molecule has 0 aromatic carbocycles. The van der Waals surface area contributed by atoms with Gasteiger partial charge in [-0.3, -0.25) is 4.79 Å². The van der Waals surface area contributed by atoms with Crippen molar-refractivity contribution >= 4 is 17.4 Å². The van der Waals surface area contributed by atoms with Gasteiger partial charge >= 0.3 is 0 Å². The summed E-state index contributed by atoms with van der Waals surface area (Å²) in [5.74, 6) is 1.69. The molecule has 6 nitrogen and oxygen atoms in total. The van der Waals surface area contributed by atoms with Crippen LogP contribution in [0.5, 0.6) is 0 Å². The highest BCUT2D eigenvalue weighted by Crippen LogP contribution is 2.21.